The number of nitrogens with zero attached hydrogens (tertiary/aromatic N) is 2. The molecule has 1 fully saturated rings. The van der Waals surface area contributed by atoms with Crippen molar-refractivity contribution in [3.8, 4) is 0 Å². The van der Waals surface area contributed by atoms with E-state index in [1.54, 1.807) is 37.4 Å². The molecule has 1 saturated heterocycles. The number of methoxy groups -OCH3 is 2. The lowest BCUT2D eigenvalue weighted by Crippen LogP contribution is -2.26. The maximum atomic E-state index is 12.0. The number of esters is 2. The van der Waals surface area contributed by atoms with Crippen LogP contribution in [0.5, 0.6) is 0 Å². The Morgan fingerprint density at radius 2 is 1.69 bits per heavy atom. The van der Waals surface area contributed by atoms with Crippen molar-refractivity contribution in [3.05, 3.63) is 45.0 Å². The van der Waals surface area contributed by atoms with Gasteiger partial charge in [0.15, 0.2) is 17.5 Å². The zero-order valence-corrected chi connectivity index (χ0v) is 21.0. The normalized spacial score (nSPS) is 12.8. The van der Waals surface area contributed by atoms with Gasteiger partial charge in [-0.05, 0) is 13.8 Å². The molecule has 0 atom stereocenters. The average molecular weight is 497 g/mol. The van der Waals surface area contributed by atoms with Crippen molar-refractivity contribution in [1.82, 2.24) is 9.47 Å². The van der Waals surface area contributed by atoms with E-state index in [9.17, 15) is 19.2 Å². The van der Waals surface area contributed by atoms with E-state index < -0.39 is 11.9 Å². The Hall–Kier alpha value is -3.60. The molecule has 2 rings (SSSR count). The van der Waals surface area contributed by atoms with Gasteiger partial charge in [0.2, 0.25) is 0 Å². The molecular weight excluding hydrogens is 464 g/mol. The summed E-state index contributed by atoms with van der Waals surface area (Å²) in [6.07, 6.45) is 3.18. The summed E-state index contributed by atoms with van der Waals surface area (Å²) in [7, 11) is 6.00. The summed E-state index contributed by atoms with van der Waals surface area (Å²) in [6.45, 7) is 6.79. The van der Waals surface area contributed by atoms with E-state index in [2.05, 4.69) is 9.47 Å². The van der Waals surface area contributed by atoms with Crippen LogP contribution in [-0.2, 0) is 44.7 Å². The molecule has 0 N–H and O–H groups in total. The summed E-state index contributed by atoms with van der Waals surface area (Å²) in [5.74, 6) is -1.42. The molecule has 1 aromatic rings. The zero-order valence-electron chi connectivity index (χ0n) is 21.0. The van der Waals surface area contributed by atoms with Gasteiger partial charge in [-0.25, -0.2) is 9.59 Å². The number of carbonyl (C=O) groups is 3. The van der Waals surface area contributed by atoms with E-state index in [-0.39, 0.29) is 34.8 Å². The number of hydrogen-bond acceptors (Lipinski definition) is 11. The van der Waals surface area contributed by atoms with E-state index in [1.807, 2.05) is 6.92 Å². The Morgan fingerprint density at radius 1 is 1.14 bits per heavy atom. The Balaban J connectivity index is 0.000000632. The third kappa shape index (κ3) is 10.0. The molecule has 0 saturated carbocycles. The van der Waals surface area contributed by atoms with Crippen molar-refractivity contribution in [2.24, 2.45) is 0 Å². The molecule has 0 amide bonds. The Kier molecular flexibility index (Phi) is 14.4. The molecule has 0 unspecified atom stereocenters. The van der Waals surface area contributed by atoms with Gasteiger partial charge in [-0.2, -0.15) is 9.59 Å². The van der Waals surface area contributed by atoms with E-state index in [0.29, 0.717) is 31.7 Å². The van der Waals surface area contributed by atoms with Gasteiger partial charge in [0, 0.05) is 44.2 Å². The number of ether oxygens (including phenoxy) is 4. The van der Waals surface area contributed by atoms with Crippen LogP contribution in [-0.4, -0.2) is 81.2 Å². The van der Waals surface area contributed by atoms with Gasteiger partial charge < -0.3 is 28.4 Å². The molecule has 0 spiro atoms. The number of rotatable bonds is 7. The van der Waals surface area contributed by atoms with Crippen molar-refractivity contribution in [1.29, 1.82) is 0 Å². The molecule has 1 aromatic heterocycles. The smallest absolute Gasteiger partial charge is 0.373 e. The predicted octanol–water partition coefficient (Wildman–Crippen LogP) is 0.625. The molecule has 0 aromatic carbocycles. The minimum absolute atomic E-state index is 0.0311. The van der Waals surface area contributed by atoms with Crippen molar-refractivity contribution in [2.75, 3.05) is 41.5 Å². The first-order valence-corrected chi connectivity index (χ1v) is 10.5. The van der Waals surface area contributed by atoms with Crippen molar-refractivity contribution < 1.29 is 42.9 Å². The molecule has 0 aliphatic carbocycles. The maximum Gasteiger partial charge on any atom is 0.373 e. The third-order valence-corrected chi connectivity index (χ3v) is 4.70. The minimum atomic E-state index is -0.630. The summed E-state index contributed by atoms with van der Waals surface area (Å²) in [5, 5.41) is 0. The molecule has 1 aliphatic rings. The van der Waals surface area contributed by atoms with E-state index >= 15 is 0 Å². The Labute approximate surface area is 203 Å². The molecule has 194 valence electrons. The van der Waals surface area contributed by atoms with Crippen LogP contribution >= 0.6 is 0 Å². The summed E-state index contributed by atoms with van der Waals surface area (Å²) in [5.41, 5.74) is 1.14. The second-order valence-corrected chi connectivity index (χ2v) is 7.26. The van der Waals surface area contributed by atoms with Gasteiger partial charge in [0.25, 0.3) is 0 Å². The van der Waals surface area contributed by atoms with E-state index in [0.717, 1.165) is 5.69 Å². The standard InChI is InChI=1S/C13H17NO5.C9H15NO3.CO2/c1-8-9(2)14(7-11-18-4-5-19-11)6-10(12(8)15)13(16)17-3;1-5-8(11)7(6-10(2)3)9(12)13-4;2-1-3/h6,11H,4-5,7H2,1-3H3;6H,5H2,1-4H3;/b;7-6-;. The number of Topliss-reactive ketones (excluding diaryl/α,β-unsaturated/α-hetero) is 1. The van der Waals surface area contributed by atoms with Gasteiger partial charge in [0.1, 0.15) is 11.1 Å². The summed E-state index contributed by atoms with van der Waals surface area (Å²) in [4.78, 5) is 63.8. The van der Waals surface area contributed by atoms with Crippen molar-refractivity contribution >= 4 is 23.9 Å². The zero-order chi connectivity index (χ0) is 27.1. The van der Waals surface area contributed by atoms with Crippen LogP contribution in [0.25, 0.3) is 0 Å². The topological polar surface area (TPSA) is 148 Å². The molecule has 2 heterocycles. The first-order valence-electron chi connectivity index (χ1n) is 10.5. The second-order valence-electron chi connectivity index (χ2n) is 7.26. The number of carbonyl (C=O) groups excluding carboxylic acids is 5. The SMILES string of the molecule is CCC(=O)/C(=C/N(C)C)C(=O)OC.COC(=O)c1cn(CC2OCCO2)c(C)c(C)c1=O.O=C=O. The number of hydrogen-bond donors (Lipinski definition) is 0. The lowest BCUT2D eigenvalue weighted by Gasteiger charge is -2.17. The van der Waals surface area contributed by atoms with Crippen LogP contribution in [0.1, 0.15) is 35.0 Å². The van der Waals surface area contributed by atoms with Crippen LogP contribution in [0.3, 0.4) is 0 Å². The molecule has 0 bridgehead atoms. The fraction of sp³-hybridized carbons (Fsp3) is 0.522. The Bertz CT molecular complexity index is 980. The first-order chi connectivity index (χ1) is 16.5. The van der Waals surface area contributed by atoms with Gasteiger partial charge in [-0.1, -0.05) is 6.92 Å². The first kappa shape index (κ1) is 31.4. The summed E-state index contributed by atoms with van der Waals surface area (Å²) in [6, 6.07) is 0. The fourth-order valence-electron chi connectivity index (χ4n) is 2.81. The van der Waals surface area contributed by atoms with Gasteiger partial charge >= 0.3 is 18.1 Å². The second kappa shape index (κ2) is 16.1. The molecular formula is C23H32N2O10. The monoisotopic (exact) mass is 496 g/mol. The number of pyridine rings is 1. The minimum Gasteiger partial charge on any atom is -0.465 e. The van der Waals surface area contributed by atoms with Crippen LogP contribution in [0.15, 0.2) is 22.8 Å². The lowest BCUT2D eigenvalue weighted by molar-refractivity contribution is -0.191. The van der Waals surface area contributed by atoms with Crippen LogP contribution in [0.2, 0.25) is 0 Å². The highest BCUT2D eigenvalue weighted by atomic mass is 16.7. The molecule has 12 nitrogen and oxygen atoms in total. The van der Waals surface area contributed by atoms with E-state index in [1.165, 1.54) is 26.6 Å². The maximum absolute atomic E-state index is 12.0. The predicted molar refractivity (Wildman–Crippen MR) is 121 cm³/mol. The number of aromatic nitrogens is 1. The van der Waals surface area contributed by atoms with Crippen LogP contribution in [0.4, 0.5) is 0 Å². The van der Waals surface area contributed by atoms with Crippen LogP contribution < -0.4 is 5.43 Å². The quantitative estimate of drug-likeness (QED) is 0.226. The average Bonchev–Trinajstić information content (AvgIpc) is 3.35. The largest absolute Gasteiger partial charge is 0.465 e. The van der Waals surface area contributed by atoms with Gasteiger partial charge in [-0.3, -0.25) is 9.59 Å². The highest BCUT2D eigenvalue weighted by Crippen LogP contribution is 2.12. The van der Waals surface area contributed by atoms with Gasteiger partial charge in [-0.15, -0.1) is 0 Å². The lowest BCUT2D eigenvalue weighted by atomic mass is 10.1. The highest BCUT2D eigenvalue weighted by molar-refractivity contribution is 6.17. The van der Waals surface area contributed by atoms with E-state index in [4.69, 9.17) is 19.1 Å². The van der Waals surface area contributed by atoms with Crippen LogP contribution in [0, 0.1) is 13.8 Å². The van der Waals surface area contributed by atoms with Gasteiger partial charge in [0.05, 0.1) is 34.0 Å². The molecule has 1 aliphatic heterocycles. The summed E-state index contributed by atoms with van der Waals surface area (Å²) < 4.78 is 21.6. The van der Waals surface area contributed by atoms with Crippen molar-refractivity contribution in [3.63, 3.8) is 0 Å². The summed E-state index contributed by atoms with van der Waals surface area (Å²) >= 11 is 0. The third-order valence-electron chi connectivity index (χ3n) is 4.70. The molecule has 35 heavy (non-hydrogen) atoms. The number of ketones is 1. The molecule has 12 heteroatoms. The van der Waals surface area contributed by atoms with Crippen molar-refractivity contribution in [2.45, 2.75) is 40.0 Å². The highest BCUT2D eigenvalue weighted by Gasteiger charge is 2.21. The fourth-order valence-corrected chi connectivity index (χ4v) is 2.81. The Morgan fingerprint density at radius 3 is 2.11 bits per heavy atom. The molecule has 0 radical (unpaired) electrons.